The van der Waals surface area contributed by atoms with Gasteiger partial charge in [-0.05, 0) is 36.1 Å². The number of aromatic hydroxyl groups is 1. The van der Waals surface area contributed by atoms with Crippen LogP contribution >= 0.6 is 0 Å². The van der Waals surface area contributed by atoms with Crippen molar-refractivity contribution in [3.63, 3.8) is 0 Å². The van der Waals surface area contributed by atoms with Crippen molar-refractivity contribution in [3.05, 3.63) is 76.4 Å². The van der Waals surface area contributed by atoms with E-state index < -0.39 is 29.0 Å². The van der Waals surface area contributed by atoms with E-state index in [1.54, 1.807) is 0 Å². The minimum atomic E-state index is -5.05. The predicted octanol–water partition coefficient (Wildman–Crippen LogP) is 3.92. The fourth-order valence-electron chi connectivity index (χ4n) is 3.71. The van der Waals surface area contributed by atoms with Crippen molar-refractivity contribution in [2.45, 2.75) is 25.1 Å². The first-order chi connectivity index (χ1) is 14.6. The molecule has 1 aliphatic carbocycles. The van der Waals surface area contributed by atoms with Gasteiger partial charge in [0.15, 0.2) is 11.6 Å². The maximum Gasteiger partial charge on any atom is 0.419 e. The molecule has 6 nitrogen and oxygen atoms in total. The molecule has 1 heterocycles. The van der Waals surface area contributed by atoms with Crippen molar-refractivity contribution in [2.75, 3.05) is 11.1 Å². The van der Waals surface area contributed by atoms with Gasteiger partial charge in [0.05, 0.1) is 16.8 Å². The first-order valence-electron chi connectivity index (χ1n) is 9.28. The molecule has 0 atom stereocenters. The number of alkyl halides is 3. The molecule has 1 aromatic heterocycles. The largest absolute Gasteiger partial charge is 0.505 e. The molecule has 0 saturated heterocycles. The van der Waals surface area contributed by atoms with E-state index in [9.17, 15) is 22.7 Å². The van der Waals surface area contributed by atoms with Crippen LogP contribution in [0, 0.1) is 11.2 Å². The topological polar surface area (TPSA) is 108 Å². The number of anilines is 2. The van der Waals surface area contributed by atoms with Gasteiger partial charge < -0.3 is 16.2 Å². The van der Waals surface area contributed by atoms with Crippen molar-refractivity contribution >= 4 is 17.3 Å². The molecule has 0 bridgehead atoms. The summed E-state index contributed by atoms with van der Waals surface area (Å²) < 4.78 is 53.3. The van der Waals surface area contributed by atoms with E-state index in [0.717, 1.165) is 17.2 Å². The number of nitrogen functional groups attached to an aromatic ring is 1. The number of rotatable bonds is 4. The molecular formula is C21H17F4N5O. The lowest BCUT2D eigenvalue weighted by molar-refractivity contribution is -0.140. The number of phenols is 1. The summed E-state index contributed by atoms with van der Waals surface area (Å²) in [7, 11) is 0. The van der Waals surface area contributed by atoms with Crippen LogP contribution in [-0.2, 0) is 19.0 Å². The van der Waals surface area contributed by atoms with Crippen LogP contribution in [0.2, 0.25) is 0 Å². The van der Waals surface area contributed by atoms with Gasteiger partial charge >= 0.3 is 6.18 Å². The van der Waals surface area contributed by atoms with Crippen LogP contribution in [0.5, 0.6) is 5.75 Å². The number of nitrogens with two attached hydrogens (primary N) is 1. The molecule has 0 unspecified atom stereocenters. The monoisotopic (exact) mass is 431 g/mol. The van der Waals surface area contributed by atoms with E-state index in [1.165, 1.54) is 6.33 Å². The smallest absolute Gasteiger partial charge is 0.419 e. The predicted molar refractivity (Wildman–Crippen MR) is 107 cm³/mol. The molecule has 10 heteroatoms. The fourth-order valence-corrected chi connectivity index (χ4v) is 3.71. The second kappa shape index (κ2) is 7.53. The van der Waals surface area contributed by atoms with E-state index in [1.807, 2.05) is 24.3 Å². The standard InChI is InChI=1S/C21H17F4N5O/c22-17-14(21(23,24)25)7-12(8-15(17)31)18(26)16-19(27)28-9-29-20(16)30-13-5-10-3-1-2-4-11(10)6-13/h1-4,7-9,13,26,31H,5-6H2,(H3,27,28,29,30). The molecule has 4 rings (SSSR count). The van der Waals surface area contributed by atoms with Gasteiger partial charge in [0, 0.05) is 11.6 Å². The van der Waals surface area contributed by atoms with Crippen LogP contribution in [-0.4, -0.2) is 26.8 Å². The Morgan fingerprint density at radius 3 is 2.39 bits per heavy atom. The van der Waals surface area contributed by atoms with Crippen LogP contribution in [0.3, 0.4) is 0 Å². The number of aromatic nitrogens is 2. The van der Waals surface area contributed by atoms with Gasteiger partial charge in [-0.15, -0.1) is 0 Å². The third-order valence-corrected chi connectivity index (χ3v) is 5.17. The second-order valence-electron chi connectivity index (χ2n) is 7.23. The van der Waals surface area contributed by atoms with Gasteiger partial charge in [0.1, 0.15) is 18.0 Å². The van der Waals surface area contributed by atoms with E-state index >= 15 is 0 Å². The third-order valence-electron chi connectivity index (χ3n) is 5.17. The number of phenolic OH excluding ortho intramolecular Hbond substituents is 1. The molecule has 3 aromatic rings. The van der Waals surface area contributed by atoms with Crippen LogP contribution < -0.4 is 11.1 Å². The molecule has 0 aliphatic heterocycles. The molecular weight excluding hydrogens is 414 g/mol. The third kappa shape index (κ3) is 3.88. The molecule has 0 spiro atoms. The summed E-state index contributed by atoms with van der Waals surface area (Å²) in [5.74, 6) is -2.97. The zero-order valence-corrected chi connectivity index (χ0v) is 16.0. The maximum absolute atomic E-state index is 13.8. The van der Waals surface area contributed by atoms with E-state index in [4.69, 9.17) is 11.1 Å². The highest BCUT2D eigenvalue weighted by molar-refractivity contribution is 6.16. The van der Waals surface area contributed by atoms with E-state index in [2.05, 4.69) is 15.3 Å². The number of nitrogens with one attached hydrogen (secondary N) is 2. The number of halogens is 4. The summed E-state index contributed by atoms with van der Waals surface area (Å²) in [5, 5.41) is 21.3. The number of fused-ring (bicyclic) bond motifs is 1. The summed E-state index contributed by atoms with van der Waals surface area (Å²) in [6, 6.07) is 9.02. The normalized spacial score (nSPS) is 13.8. The minimum absolute atomic E-state index is 0.0300. The van der Waals surface area contributed by atoms with Crippen LogP contribution in [0.4, 0.5) is 29.2 Å². The van der Waals surface area contributed by atoms with Crippen molar-refractivity contribution in [1.29, 1.82) is 5.41 Å². The average Bonchev–Trinajstić information content (AvgIpc) is 3.11. The highest BCUT2D eigenvalue weighted by atomic mass is 19.4. The van der Waals surface area contributed by atoms with Gasteiger partial charge in [-0.25, -0.2) is 14.4 Å². The first-order valence-corrected chi connectivity index (χ1v) is 9.28. The highest BCUT2D eigenvalue weighted by Crippen LogP contribution is 2.37. The van der Waals surface area contributed by atoms with Crippen molar-refractivity contribution in [3.8, 4) is 5.75 Å². The van der Waals surface area contributed by atoms with Crippen molar-refractivity contribution in [1.82, 2.24) is 9.97 Å². The summed E-state index contributed by atoms with van der Waals surface area (Å²) in [6.07, 6.45) is -2.47. The Morgan fingerprint density at radius 2 is 1.77 bits per heavy atom. The Morgan fingerprint density at radius 1 is 1.13 bits per heavy atom. The number of benzene rings is 2. The Labute approximate surface area is 174 Å². The Kier molecular flexibility index (Phi) is 5.00. The molecule has 2 aromatic carbocycles. The molecule has 31 heavy (non-hydrogen) atoms. The zero-order chi connectivity index (χ0) is 22.3. The van der Waals surface area contributed by atoms with Gasteiger partial charge in [-0.1, -0.05) is 24.3 Å². The van der Waals surface area contributed by atoms with Crippen LogP contribution in [0.1, 0.15) is 27.8 Å². The summed E-state index contributed by atoms with van der Waals surface area (Å²) >= 11 is 0. The van der Waals surface area contributed by atoms with Gasteiger partial charge in [-0.3, -0.25) is 5.41 Å². The second-order valence-corrected chi connectivity index (χ2v) is 7.23. The summed E-state index contributed by atoms with van der Waals surface area (Å²) in [5.41, 5.74) is 5.69. The summed E-state index contributed by atoms with van der Waals surface area (Å²) in [4.78, 5) is 7.96. The fraction of sp³-hybridized carbons (Fsp3) is 0.190. The Bertz CT molecular complexity index is 1150. The number of hydrogen-bond acceptors (Lipinski definition) is 6. The number of nitrogens with zero attached hydrogens (tertiary/aromatic N) is 2. The number of hydrogen-bond donors (Lipinski definition) is 4. The quantitative estimate of drug-likeness (QED) is 0.370. The Hall–Kier alpha value is -3.69. The van der Waals surface area contributed by atoms with Crippen molar-refractivity contribution < 1.29 is 22.7 Å². The molecule has 0 radical (unpaired) electrons. The maximum atomic E-state index is 13.8. The molecule has 0 amide bonds. The lowest BCUT2D eigenvalue weighted by Crippen LogP contribution is -2.23. The van der Waals surface area contributed by atoms with E-state index in [0.29, 0.717) is 18.9 Å². The van der Waals surface area contributed by atoms with Gasteiger partial charge in [-0.2, -0.15) is 13.2 Å². The minimum Gasteiger partial charge on any atom is -0.505 e. The van der Waals surface area contributed by atoms with Crippen molar-refractivity contribution in [2.24, 2.45) is 0 Å². The first kappa shape index (κ1) is 20.6. The summed E-state index contributed by atoms with van der Waals surface area (Å²) in [6.45, 7) is 0. The van der Waals surface area contributed by atoms with Crippen LogP contribution in [0.15, 0.2) is 42.7 Å². The lowest BCUT2D eigenvalue weighted by atomic mass is 9.99. The Balaban J connectivity index is 1.70. The molecule has 0 saturated carbocycles. The van der Waals surface area contributed by atoms with Crippen LogP contribution in [0.25, 0.3) is 0 Å². The molecule has 5 N–H and O–H groups in total. The zero-order valence-electron chi connectivity index (χ0n) is 16.0. The van der Waals surface area contributed by atoms with E-state index in [-0.39, 0.29) is 28.8 Å². The molecule has 0 fully saturated rings. The SMILES string of the molecule is N=C(c1cc(O)c(F)c(C(F)(F)F)c1)c1c(N)ncnc1NC1Cc2ccccc2C1. The lowest BCUT2D eigenvalue weighted by Gasteiger charge is -2.18. The van der Waals surface area contributed by atoms with Gasteiger partial charge in [0.2, 0.25) is 0 Å². The van der Waals surface area contributed by atoms with Gasteiger partial charge in [0.25, 0.3) is 0 Å². The molecule has 160 valence electrons. The average molecular weight is 431 g/mol. The molecule has 1 aliphatic rings. The highest BCUT2D eigenvalue weighted by Gasteiger charge is 2.36.